The zero-order valence-electron chi connectivity index (χ0n) is 11.1. The topological polar surface area (TPSA) is 31.4 Å². The van der Waals surface area contributed by atoms with E-state index in [1.165, 1.54) is 24.2 Å². The Labute approximate surface area is 109 Å². The van der Waals surface area contributed by atoms with Crippen LogP contribution in [0.1, 0.15) is 18.5 Å². The average Bonchev–Trinajstić information content (AvgIpc) is 3.22. The standard InChI is InChI=1S/C14H22N4/c1-17-6-8-18(9-7-17)14-4-5-15-13(10-14)11-16-12-2-3-12/h4-5,10,12,16H,2-3,6-9,11H2,1H3. The van der Waals surface area contributed by atoms with Gasteiger partial charge in [-0.25, -0.2) is 0 Å². The fourth-order valence-electron chi connectivity index (χ4n) is 2.36. The van der Waals surface area contributed by atoms with Crippen molar-refractivity contribution >= 4 is 5.69 Å². The Morgan fingerprint density at radius 3 is 2.78 bits per heavy atom. The lowest BCUT2D eigenvalue weighted by Crippen LogP contribution is -2.44. The highest BCUT2D eigenvalue weighted by Crippen LogP contribution is 2.20. The molecule has 0 bridgehead atoms. The van der Waals surface area contributed by atoms with Crippen LogP contribution in [0.2, 0.25) is 0 Å². The lowest BCUT2D eigenvalue weighted by molar-refractivity contribution is 0.313. The molecule has 1 aromatic rings. The lowest BCUT2D eigenvalue weighted by atomic mass is 10.2. The van der Waals surface area contributed by atoms with Crippen LogP contribution in [0.3, 0.4) is 0 Å². The zero-order valence-corrected chi connectivity index (χ0v) is 11.1. The van der Waals surface area contributed by atoms with Gasteiger partial charge in [0, 0.05) is 50.6 Å². The van der Waals surface area contributed by atoms with Gasteiger partial charge >= 0.3 is 0 Å². The Bertz CT molecular complexity index is 395. The lowest BCUT2D eigenvalue weighted by Gasteiger charge is -2.34. The zero-order chi connectivity index (χ0) is 12.4. The van der Waals surface area contributed by atoms with Crippen LogP contribution in [0.25, 0.3) is 0 Å². The molecule has 0 radical (unpaired) electrons. The number of hydrogen-bond donors (Lipinski definition) is 1. The second kappa shape index (κ2) is 5.24. The average molecular weight is 246 g/mol. The number of rotatable bonds is 4. The van der Waals surface area contributed by atoms with E-state index in [0.717, 1.165) is 38.8 Å². The molecule has 2 heterocycles. The molecule has 1 aliphatic carbocycles. The van der Waals surface area contributed by atoms with Crippen molar-refractivity contribution in [2.24, 2.45) is 0 Å². The molecular weight excluding hydrogens is 224 g/mol. The van der Waals surface area contributed by atoms with Crippen LogP contribution in [0.5, 0.6) is 0 Å². The normalized spacial score (nSPS) is 21.3. The Balaban J connectivity index is 1.62. The first-order chi connectivity index (χ1) is 8.81. The highest BCUT2D eigenvalue weighted by Gasteiger charge is 2.20. The summed E-state index contributed by atoms with van der Waals surface area (Å²) in [6.45, 7) is 5.45. The van der Waals surface area contributed by atoms with Crippen molar-refractivity contribution in [1.29, 1.82) is 0 Å². The predicted molar refractivity (Wildman–Crippen MR) is 73.8 cm³/mol. The van der Waals surface area contributed by atoms with E-state index in [0.29, 0.717) is 0 Å². The Morgan fingerprint density at radius 2 is 2.06 bits per heavy atom. The molecule has 1 N–H and O–H groups in total. The molecule has 1 saturated carbocycles. The fourth-order valence-corrected chi connectivity index (χ4v) is 2.36. The summed E-state index contributed by atoms with van der Waals surface area (Å²) in [5, 5.41) is 3.52. The summed E-state index contributed by atoms with van der Waals surface area (Å²) in [5.74, 6) is 0. The first kappa shape index (κ1) is 11.9. The van der Waals surface area contributed by atoms with Crippen molar-refractivity contribution in [2.75, 3.05) is 38.1 Å². The van der Waals surface area contributed by atoms with Crippen LogP contribution < -0.4 is 10.2 Å². The molecule has 4 heteroatoms. The predicted octanol–water partition coefficient (Wildman–Crippen LogP) is 1.09. The van der Waals surface area contributed by atoms with Gasteiger partial charge in [-0.3, -0.25) is 4.98 Å². The maximum atomic E-state index is 4.45. The van der Waals surface area contributed by atoms with Gasteiger partial charge in [-0.2, -0.15) is 0 Å². The third-order valence-corrected chi connectivity index (χ3v) is 3.82. The van der Waals surface area contributed by atoms with E-state index in [1.807, 2.05) is 6.20 Å². The first-order valence-electron chi connectivity index (χ1n) is 6.93. The number of nitrogens with zero attached hydrogens (tertiary/aromatic N) is 3. The van der Waals surface area contributed by atoms with E-state index in [4.69, 9.17) is 0 Å². The maximum absolute atomic E-state index is 4.45. The minimum atomic E-state index is 0.749. The van der Waals surface area contributed by atoms with Gasteiger partial charge < -0.3 is 15.1 Å². The molecule has 98 valence electrons. The Kier molecular flexibility index (Phi) is 3.48. The molecule has 0 spiro atoms. The summed E-state index contributed by atoms with van der Waals surface area (Å²) >= 11 is 0. The van der Waals surface area contributed by atoms with Crippen LogP contribution in [0.15, 0.2) is 18.3 Å². The van der Waals surface area contributed by atoms with Gasteiger partial charge in [-0.1, -0.05) is 0 Å². The molecule has 0 atom stereocenters. The number of pyridine rings is 1. The SMILES string of the molecule is CN1CCN(c2ccnc(CNC3CC3)c2)CC1. The highest BCUT2D eigenvalue weighted by atomic mass is 15.2. The molecule has 2 aliphatic rings. The molecule has 1 saturated heterocycles. The van der Waals surface area contributed by atoms with Gasteiger partial charge in [0.2, 0.25) is 0 Å². The second-order valence-electron chi connectivity index (χ2n) is 5.45. The van der Waals surface area contributed by atoms with Gasteiger partial charge in [-0.05, 0) is 32.0 Å². The van der Waals surface area contributed by atoms with Crippen LogP contribution in [0, 0.1) is 0 Å². The summed E-state index contributed by atoms with van der Waals surface area (Å²) in [4.78, 5) is 9.29. The van der Waals surface area contributed by atoms with Crippen LogP contribution >= 0.6 is 0 Å². The van der Waals surface area contributed by atoms with Gasteiger partial charge in [0.25, 0.3) is 0 Å². The molecule has 18 heavy (non-hydrogen) atoms. The number of likely N-dealkylation sites (N-methyl/N-ethyl adjacent to an activating group) is 1. The van der Waals surface area contributed by atoms with E-state index in [-0.39, 0.29) is 0 Å². The van der Waals surface area contributed by atoms with E-state index >= 15 is 0 Å². The third-order valence-electron chi connectivity index (χ3n) is 3.82. The van der Waals surface area contributed by atoms with Gasteiger partial charge in [-0.15, -0.1) is 0 Å². The number of anilines is 1. The van der Waals surface area contributed by atoms with Crippen LogP contribution in [0.4, 0.5) is 5.69 Å². The largest absolute Gasteiger partial charge is 0.369 e. The molecular formula is C14H22N4. The molecule has 3 rings (SSSR count). The summed E-state index contributed by atoms with van der Waals surface area (Å²) in [5.41, 5.74) is 2.49. The minimum Gasteiger partial charge on any atom is -0.369 e. The van der Waals surface area contributed by atoms with Gasteiger partial charge in [0.1, 0.15) is 0 Å². The van der Waals surface area contributed by atoms with E-state index in [2.05, 4.69) is 39.3 Å². The molecule has 0 unspecified atom stereocenters. The quantitative estimate of drug-likeness (QED) is 0.861. The van der Waals surface area contributed by atoms with Crippen molar-refractivity contribution in [3.8, 4) is 0 Å². The van der Waals surface area contributed by atoms with Gasteiger partial charge in [0.05, 0.1) is 5.69 Å². The van der Waals surface area contributed by atoms with Crippen molar-refractivity contribution in [2.45, 2.75) is 25.4 Å². The summed E-state index contributed by atoms with van der Waals surface area (Å²) in [6, 6.07) is 5.12. The van der Waals surface area contributed by atoms with Crippen molar-refractivity contribution in [3.05, 3.63) is 24.0 Å². The van der Waals surface area contributed by atoms with Crippen molar-refractivity contribution in [3.63, 3.8) is 0 Å². The highest BCUT2D eigenvalue weighted by molar-refractivity contribution is 5.47. The molecule has 2 fully saturated rings. The second-order valence-corrected chi connectivity index (χ2v) is 5.45. The van der Waals surface area contributed by atoms with Crippen LogP contribution in [-0.4, -0.2) is 49.2 Å². The fraction of sp³-hybridized carbons (Fsp3) is 0.643. The minimum absolute atomic E-state index is 0.749. The number of hydrogen-bond acceptors (Lipinski definition) is 4. The first-order valence-corrected chi connectivity index (χ1v) is 6.93. The molecule has 1 aromatic heterocycles. The van der Waals surface area contributed by atoms with Gasteiger partial charge in [0.15, 0.2) is 0 Å². The van der Waals surface area contributed by atoms with E-state index < -0.39 is 0 Å². The number of piperazine rings is 1. The smallest absolute Gasteiger partial charge is 0.0562 e. The third kappa shape index (κ3) is 3.00. The monoisotopic (exact) mass is 246 g/mol. The maximum Gasteiger partial charge on any atom is 0.0562 e. The van der Waals surface area contributed by atoms with Crippen molar-refractivity contribution in [1.82, 2.24) is 15.2 Å². The number of nitrogens with one attached hydrogen (secondary N) is 1. The van der Waals surface area contributed by atoms with E-state index in [1.54, 1.807) is 0 Å². The summed E-state index contributed by atoms with van der Waals surface area (Å²) < 4.78 is 0. The Hall–Kier alpha value is -1.13. The van der Waals surface area contributed by atoms with Crippen LogP contribution in [-0.2, 0) is 6.54 Å². The molecule has 0 aromatic carbocycles. The Morgan fingerprint density at radius 1 is 1.28 bits per heavy atom. The van der Waals surface area contributed by atoms with E-state index in [9.17, 15) is 0 Å². The molecule has 1 aliphatic heterocycles. The summed E-state index contributed by atoms with van der Waals surface area (Å²) in [7, 11) is 2.19. The molecule has 4 nitrogen and oxygen atoms in total. The van der Waals surface area contributed by atoms with Crippen molar-refractivity contribution < 1.29 is 0 Å². The molecule has 0 amide bonds. The number of aromatic nitrogens is 1. The summed E-state index contributed by atoms with van der Waals surface area (Å²) in [6.07, 6.45) is 4.61.